The van der Waals surface area contributed by atoms with E-state index in [0.717, 1.165) is 5.69 Å². The van der Waals surface area contributed by atoms with Crippen molar-refractivity contribution in [3.63, 3.8) is 0 Å². The third-order valence-electron chi connectivity index (χ3n) is 3.49. The zero-order chi connectivity index (χ0) is 16.9. The molecule has 6 nitrogen and oxygen atoms in total. The van der Waals surface area contributed by atoms with Gasteiger partial charge in [0.05, 0.1) is 11.9 Å². The molecule has 0 aliphatic heterocycles. The third-order valence-corrected chi connectivity index (χ3v) is 3.49. The predicted octanol–water partition coefficient (Wildman–Crippen LogP) is 3.55. The number of nitrogens with zero attached hydrogens (tertiary/aromatic N) is 3. The molecule has 3 N–H and O–H groups in total. The van der Waals surface area contributed by atoms with Gasteiger partial charge in [-0.05, 0) is 6.07 Å². The minimum atomic E-state index is -0.260. The SMILES string of the molecule is Cn1cc(Nc2cc(NCc3ccccc3F)c(C=N)cn2)cn1.[HH]. The smallest absolute Gasteiger partial charge is 0.132 e. The van der Waals surface area contributed by atoms with Crippen LogP contribution in [0.3, 0.4) is 0 Å². The number of aryl methyl sites for hydroxylation is 1. The Morgan fingerprint density at radius 1 is 1.33 bits per heavy atom. The zero-order valence-electron chi connectivity index (χ0n) is 13.1. The van der Waals surface area contributed by atoms with Crippen molar-refractivity contribution in [2.24, 2.45) is 7.05 Å². The molecular formula is C17H19FN6. The topological polar surface area (TPSA) is 78.6 Å². The number of benzene rings is 1. The maximum atomic E-state index is 13.7. The van der Waals surface area contributed by atoms with Gasteiger partial charge < -0.3 is 16.0 Å². The van der Waals surface area contributed by atoms with Crippen LogP contribution < -0.4 is 10.6 Å². The van der Waals surface area contributed by atoms with Crippen LogP contribution in [-0.4, -0.2) is 21.0 Å². The third kappa shape index (κ3) is 3.57. The standard InChI is InChI=1S/C17H17FN6.H2/c1-24-11-14(10-22-24)23-17-6-16(13(7-19)9-21-17)20-8-12-4-2-3-5-15(12)18;/h2-7,9-11,19H,8H2,1H3,(H2,20,21,23);1H. The van der Waals surface area contributed by atoms with Crippen LogP contribution in [0.2, 0.25) is 0 Å². The second-order valence-corrected chi connectivity index (χ2v) is 5.27. The van der Waals surface area contributed by atoms with E-state index in [9.17, 15) is 4.39 Å². The van der Waals surface area contributed by atoms with Crippen molar-refractivity contribution >= 4 is 23.4 Å². The first-order chi connectivity index (χ1) is 11.7. The molecule has 0 fully saturated rings. The molecule has 2 aromatic heterocycles. The molecule has 3 aromatic rings. The first-order valence-electron chi connectivity index (χ1n) is 7.39. The molecule has 2 heterocycles. The van der Waals surface area contributed by atoms with Gasteiger partial charge in [0.2, 0.25) is 0 Å². The monoisotopic (exact) mass is 326 g/mol. The summed E-state index contributed by atoms with van der Waals surface area (Å²) in [7, 11) is 1.83. The highest BCUT2D eigenvalue weighted by atomic mass is 19.1. The molecule has 1 aromatic carbocycles. The minimum absolute atomic E-state index is 0. The lowest BCUT2D eigenvalue weighted by Crippen LogP contribution is -2.05. The predicted molar refractivity (Wildman–Crippen MR) is 94.5 cm³/mol. The van der Waals surface area contributed by atoms with E-state index in [-0.39, 0.29) is 7.24 Å². The molecule has 0 atom stereocenters. The van der Waals surface area contributed by atoms with Gasteiger partial charge in [-0.25, -0.2) is 9.37 Å². The Hall–Kier alpha value is -3.22. The van der Waals surface area contributed by atoms with Crippen LogP contribution in [0, 0.1) is 11.2 Å². The maximum Gasteiger partial charge on any atom is 0.132 e. The van der Waals surface area contributed by atoms with Crippen molar-refractivity contribution < 1.29 is 5.82 Å². The van der Waals surface area contributed by atoms with E-state index in [2.05, 4.69) is 20.7 Å². The van der Waals surface area contributed by atoms with Crippen LogP contribution in [0.5, 0.6) is 0 Å². The Balaban J connectivity index is 0.00000225. The van der Waals surface area contributed by atoms with Crippen molar-refractivity contribution in [3.05, 3.63) is 65.9 Å². The van der Waals surface area contributed by atoms with Gasteiger partial charge in [0, 0.05) is 56.5 Å². The number of halogens is 1. The van der Waals surface area contributed by atoms with Crippen molar-refractivity contribution in [2.75, 3.05) is 10.6 Å². The van der Waals surface area contributed by atoms with E-state index in [1.165, 1.54) is 12.3 Å². The molecule has 0 bridgehead atoms. The molecule has 0 saturated carbocycles. The van der Waals surface area contributed by atoms with Gasteiger partial charge in [0.15, 0.2) is 0 Å². The molecule has 0 amide bonds. The zero-order valence-corrected chi connectivity index (χ0v) is 13.1. The summed E-state index contributed by atoms with van der Waals surface area (Å²) in [4.78, 5) is 4.27. The fourth-order valence-electron chi connectivity index (χ4n) is 2.27. The maximum absolute atomic E-state index is 13.7. The highest BCUT2D eigenvalue weighted by Gasteiger charge is 2.06. The van der Waals surface area contributed by atoms with Crippen molar-refractivity contribution in [1.29, 1.82) is 5.41 Å². The fourth-order valence-corrected chi connectivity index (χ4v) is 2.27. The van der Waals surface area contributed by atoms with Crippen LogP contribution in [0.1, 0.15) is 12.6 Å². The molecule has 0 aliphatic carbocycles. The number of hydrogen-bond acceptors (Lipinski definition) is 5. The molecule has 0 radical (unpaired) electrons. The minimum Gasteiger partial charge on any atom is -0.380 e. The summed E-state index contributed by atoms with van der Waals surface area (Å²) in [5.41, 5.74) is 2.71. The van der Waals surface area contributed by atoms with E-state index in [1.54, 1.807) is 41.3 Å². The summed E-state index contributed by atoms with van der Waals surface area (Å²) in [6, 6.07) is 8.39. The highest BCUT2D eigenvalue weighted by Crippen LogP contribution is 2.21. The average Bonchev–Trinajstić information content (AvgIpc) is 2.99. The lowest BCUT2D eigenvalue weighted by Gasteiger charge is -2.12. The Kier molecular flexibility index (Phi) is 4.51. The number of hydrogen-bond donors (Lipinski definition) is 3. The summed E-state index contributed by atoms with van der Waals surface area (Å²) < 4.78 is 15.4. The first kappa shape index (κ1) is 15.7. The number of nitrogens with one attached hydrogen (secondary N) is 3. The quantitative estimate of drug-likeness (QED) is 0.605. The average molecular weight is 326 g/mol. The first-order valence-corrected chi connectivity index (χ1v) is 7.39. The lowest BCUT2D eigenvalue weighted by atomic mass is 10.2. The number of aromatic nitrogens is 3. The molecule has 24 heavy (non-hydrogen) atoms. The van der Waals surface area contributed by atoms with E-state index in [0.29, 0.717) is 29.2 Å². The number of rotatable bonds is 6. The molecule has 7 heteroatoms. The van der Waals surface area contributed by atoms with E-state index >= 15 is 0 Å². The molecule has 0 aliphatic rings. The van der Waals surface area contributed by atoms with Crippen LogP contribution in [0.4, 0.5) is 21.6 Å². The Morgan fingerprint density at radius 3 is 2.88 bits per heavy atom. The van der Waals surface area contributed by atoms with Crippen molar-refractivity contribution in [1.82, 2.24) is 14.8 Å². The lowest BCUT2D eigenvalue weighted by molar-refractivity contribution is 0.613. The summed E-state index contributed by atoms with van der Waals surface area (Å²) in [5, 5.41) is 17.9. The second kappa shape index (κ2) is 6.91. The molecule has 124 valence electrons. The van der Waals surface area contributed by atoms with Gasteiger partial charge in [-0.1, -0.05) is 18.2 Å². The molecule has 0 unspecified atom stereocenters. The molecule has 0 spiro atoms. The summed E-state index contributed by atoms with van der Waals surface area (Å²) in [6.45, 7) is 0.323. The number of anilines is 3. The van der Waals surface area contributed by atoms with E-state index in [1.807, 2.05) is 13.2 Å². The normalized spacial score (nSPS) is 10.4. The second-order valence-electron chi connectivity index (χ2n) is 5.27. The van der Waals surface area contributed by atoms with Crippen molar-refractivity contribution in [3.8, 4) is 0 Å². The summed E-state index contributed by atoms with van der Waals surface area (Å²) in [5.74, 6) is 0.355. The van der Waals surface area contributed by atoms with Gasteiger partial charge in [-0.2, -0.15) is 5.10 Å². The van der Waals surface area contributed by atoms with Gasteiger partial charge in [-0.15, -0.1) is 0 Å². The Labute approximate surface area is 140 Å². The van der Waals surface area contributed by atoms with E-state index in [4.69, 9.17) is 5.41 Å². The molecule has 0 saturated heterocycles. The summed E-state index contributed by atoms with van der Waals surface area (Å²) >= 11 is 0. The van der Waals surface area contributed by atoms with Crippen LogP contribution in [-0.2, 0) is 13.6 Å². The Bertz CT molecular complexity index is 864. The largest absolute Gasteiger partial charge is 0.380 e. The molecule has 3 rings (SSSR count). The van der Waals surface area contributed by atoms with Gasteiger partial charge in [0.25, 0.3) is 0 Å². The molecular weight excluding hydrogens is 307 g/mol. The highest BCUT2D eigenvalue weighted by molar-refractivity contribution is 5.86. The number of pyridine rings is 1. The van der Waals surface area contributed by atoms with Crippen molar-refractivity contribution in [2.45, 2.75) is 6.54 Å². The van der Waals surface area contributed by atoms with Crippen LogP contribution in [0.15, 0.2) is 48.9 Å². The van der Waals surface area contributed by atoms with E-state index < -0.39 is 0 Å². The van der Waals surface area contributed by atoms with Crippen LogP contribution in [0.25, 0.3) is 0 Å². The van der Waals surface area contributed by atoms with Gasteiger partial charge in [-0.3, -0.25) is 4.68 Å². The fraction of sp³-hybridized carbons (Fsp3) is 0.118. The van der Waals surface area contributed by atoms with Crippen LogP contribution >= 0.6 is 0 Å². The summed E-state index contributed by atoms with van der Waals surface area (Å²) in [6.07, 6.45) is 6.33. The van der Waals surface area contributed by atoms with Gasteiger partial charge >= 0.3 is 0 Å². The van der Waals surface area contributed by atoms with Gasteiger partial charge in [0.1, 0.15) is 11.6 Å². The Morgan fingerprint density at radius 2 is 2.17 bits per heavy atom.